The smallest absolute Gasteiger partial charge is 0.321 e. The normalized spacial score (nSPS) is 10.5. The van der Waals surface area contributed by atoms with Gasteiger partial charge in [0.2, 0.25) is 5.56 Å². The zero-order chi connectivity index (χ0) is 19.4. The SMILES string of the molecule is COc1ccc(OC)c(NC(=O)N(C)Cc2cc(=O)[nH]c3ccccc23)c1. The summed E-state index contributed by atoms with van der Waals surface area (Å²) in [5.74, 6) is 1.13. The maximum atomic E-state index is 12.6. The molecule has 1 heterocycles. The number of carbonyl (C=O) groups is 1. The molecule has 7 nitrogen and oxygen atoms in total. The van der Waals surface area contributed by atoms with Gasteiger partial charge in [-0.3, -0.25) is 4.79 Å². The minimum atomic E-state index is -0.328. The summed E-state index contributed by atoms with van der Waals surface area (Å²) in [7, 11) is 4.75. The van der Waals surface area contributed by atoms with Gasteiger partial charge in [0.15, 0.2) is 0 Å². The molecule has 140 valence electrons. The van der Waals surface area contributed by atoms with E-state index in [1.807, 2.05) is 24.3 Å². The van der Waals surface area contributed by atoms with Crippen LogP contribution >= 0.6 is 0 Å². The Morgan fingerprint density at radius 1 is 1.11 bits per heavy atom. The largest absolute Gasteiger partial charge is 0.497 e. The van der Waals surface area contributed by atoms with Crippen LogP contribution in [-0.2, 0) is 6.54 Å². The van der Waals surface area contributed by atoms with E-state index >= 15 is 0 Å². The topological polar surface area (TPSA) is 83.7 Å². The van der Waals surface area contributed by atoms with E-state index in [0.29, 0.717) is 17.2 Å². The van der Waals surface area contributed by atoms with Gasteiger partial charge in [-0.2, -0.15) is 0 Å². The second-order valence-corrected chi connectivity index (χ2v) is 6.06. The third kappa shape index (κ3) is 4.03. The molecule has 0 saturated carbocycles. The van der Waals surface area contributed by atoms with E-state index in [1.165, 1.54) is 18.1 Å². The van der Waals surface area contributed by atoms with Gasteiger partial charge in [-0.25, -0.2) is 4.79 Å². The average molecular weight is 367 g/mol. The zero-order valence-corrected chi connectivity index (χ0v) is 15.4. The van der Waals surface area contributed by atoms with Crippen LogP contribution in [0.2, 0.25) is 0 Å². The maximum Gasteiger partial charge on any atom is 0.321 e. The first-order chi connectivity index (χ1) is 13.0. The van der Waals surface area contributed by atoms with Crippen LogP contribution in [0, 0.1) is 0 Å². The number of hydrogen-bond donors (Lipinski definition) is 2. The molecule has 3 rings (SSSR count). The predicted molar refractivity (Wildman–Crippen MR) is 105 cm³/mol. The van der Waals surface area contributed by atoms with Crippen LogP contribution in [0.5, 0.6) is 11.5 Å². The van der Waals surface area contributed by atoms with Crippen molar-refractivity contribution in [3.05, 3.63) is 64.4 Å². The molecule has 0 aliphatic heterocycles. The molecular weight excluding hydrogens is 346 g/mol. The van der Waals surface area contributed by atoms with E-state index in [0.717, 1.165) is 16.5 Å². The summed E-state index contributed by atoms with van der Waals surface area (Å²) < 4.78 is 10.5. The molecule has 3 aromatic rings. The number of nitrogens with one attached hydrogen (secondary N) is 2. The number of aromatic amines is 1. The highest BCUT2D eigenvalue weighted by molar-refractivity contribution is 5.91. The molecule has 2 amide bonds. The van der Waals surface area contributed by atoms with Gasteiger partial charge in [-0.05, 0) is 23.8 Å². The number of fused-ring (bicyclic) bond motifs is 1. The summed E-state index contributed by atoms with van der Waals surface area (Å²) >= 11 is 0. The number of hydrogen-bond acceptors (Lipinski definition) is 4. The summed E-state index contributed by atoms with van der Waals surface area (Å²) in [6, 6.07) is 13.8. The van der Waals surface area contributed by atoms with Gasteiger partial charge in [-0.15, -0.1) is 0 Å². The molecule has 0 bridgehead atoms. The number of nitrogens with zero attached hydrogens (tertiary/aromatic N) is 1. The second kappa shape index (κ2) is 7.82. The molecule has 0 radical (unpaired) electrons. The number of anilines is 1. The van der Waals surface area contributed by atoms with Crippen molar-refractivity contribution in [2.75, 3.05) is 26.6 Å². The molecule has 2 aromatic carbocycles. The molecular formula is C20H21N3O4. The van der Waals surface area contributed by atoms with Gasteiger partial charge in [-0.1, -0.05) is 18.2 Å². The van der Waals surface area contributed by atoms with Gasteiger partial charge in [0.1, 0.15) is 11.5 Å². The first-order valence-corrected chi connectivity index (χ1v) is 8.37. The first-order valence-electron chi connectivity index (χ1n) is 8.37. The minimum Gasteiger partial charge on any atom is -0.497 e. The fourth-order valence-electron chi connectivity index (χ4n) is 2.86. The number of aromatic nitrogens is 1. The standard InChI is InChI=1S/C20H21N3O4/c1-23(12-13-10-19(24)21-16-7-5-4-6-15(13)16)20(25)22-17-11-14(26-2)8-9-18(17)27-3/h4-11H,12H2,1-3H3,(H,21,24)(H,22,25). The quantitative estimate of drug-likeness (QED) is 0.725. The van der Waals surface area contributed by atoms with E-state index in [-0.39, 0.29) is 18.1 Å². The number of rotatable bonds is 5. The monoisotopic (exact) mass is 367 g/mol. The first kappa shape index (κ1) is 18.3. The third-order valence-corrected chi connectivity index (χ3v) is 4.24. The number of ether oxygens (including phenoxy) is 2. The minimum absolute atomic E-state index is 0.202. The summed E-state index contributed by atoms with van der Waals surface area (Å²) in [4.78, 5) is 28.8. The van der Waals surface area contributed by atoms with Crippen LogP contribution in [0.1, 0.15) is 5.56 Å². The number of amides is 2. The van der Waals surface area contributed by atoms with Crippen molar-refractivity contribution < 1.29 is 14.3 Å². The molecule has 1 aromatic heterocycles. The van der Waals surface area contributed by atoms with Crippen LogP contribution in [0.3, 0.4) is 0 Å². The number of methoxy groups -OCH3 is 2. The van der Waals surface area contributed by atoms with E-state index in [9.17, 15) is 9.59 Å². The lowest BCUT2D eigenvalue weighted by atomic mass is 10.1. The van der Waals surface area contributed by atoms with Gasteiger partial charge < -0.3 is 24.7 Å². The predicted octanol–water partition coefficient (Wildman–Crippen LogP) is 3.21. The van der Waals surface area contributed by atoms with E-state index in [2.05, 4.69) is 10.3 Å². The molecule has 0 unspecified atom stereocenters. The molecule has 0 aliphatic rings. The van der Waals surface area contributed by atoms with Crippen molar-refractivity contribution in [3.8, 4) is 11.5 Å². The van der Waals surface area contributed by atoms with E-state index < -0.39 is 0 Å². The molecule has 0 atom stereocenters. The summed E-state index contributed by atoms with van der Waals surface area (Å²) in [6.07, 6.45) is 0. The van der Waals surface area contributed by atoms with Crippen molar-refractivity contribution in [3.63, 3.8) is 0 Å². The van der Waals surface area contributed by atoms with Crippen molar-refractivity contribution >= 4 is 22.6 Å². The Labute approximate surface area is 156 Å². The van der Waals surface area contributed by atoms with Crippen molar-refractivity contribution in [2.45, 2.75) is 6.54 Å². The Morgan fingerprint density at radius 3 is 2.63 bits per heavy atom. The number of H-pyrrole nitrogens is 1. The average Bonchev–Trinajstić information content (AvgIpc) is 2.67. The highest BCUT2D eigenvalue weighted by Gasteiger charge is 2.15. The van der Waals surface area contributed by atoms with Crippen molar-refractivity contribution in [2.24, 2.45) is 0 Å². The maximum absolute atomic E-state index is 12.6. The molecule has 0 saturated heterocycles. The van der Waals surface area contributed by atoms with Gasteiger partial charge >= 0.3 is 6.03 Å². The van der Waals surface area contributed by atoms with Crippen molar-refractivity contribution in [1.82, 2.24) is 9.88 Å². The second-order valence-electron chi connectivity index (χ2n) is 6.06. The van der Waals surface area contributed by atoms with E-state index in [4.69, 9.17) is 9.47 Å². The fraction of sp³-hybridized carbons (Fsp3) is 0.200. The highest BCUT2D eigenvalue weighted by Crippen LogP contribution is 2.29. The Kier molecular flexibility index (Phi) is 5.30. The molecule has 27 heavy (non-hydrogen) atoms. The van der Waals surface area contributed by atoms with Crippen LogP contribution in [0.4, 0.5) is 10.5 Å². The number of carbonyl (C=O) groups excluding carboxylic acids is 1. The summed E-state index contributed by atoms with van der Waals surface area (Å²) in [6.45, 7) is 0.280. The Morgan fingerprint density at radius 2 is 1.89 bits per heavy atom. The van der Waals surface area contributed by atoms with Gasteiger partial charge in [0.25, 0.3) is 0 Å². The lowest BCUT2D eigenvalue weighted by molar-refractivity contribution is 0.220. The van der Waals surface area contributed by atoms with Gasteiger partial charge in [0, 0.05) is 36.6 Å². The lowest BCUT2D eigenvalue weighted by Gasteiger charge is -2.20. The molecule has 7 heteroatoms. The Hall–Kier alpha value is -3.48. The Balaban J connectivity index is 1.82. The fourth-order valence-corrected chi connectivity index (χ4v) is 2.86. The molecule has 0 spiro atoms. The van der Waals surface area contributed by atoms with Crippen LogP contribution in [0.15, 0.2) is 53.3 Å². The number of para-hydroxylation sites is 1. The van der Waals surface area contributed by atoms with E-state index in [1.54, 1.807) is 32.4 Å². The van der Waals surface area contributed by atoms with Crippen LogP contribution in [-0.4, -0.2) is 37.2 Å². The highest BCUT2D eigenvalue weighted by atomic mass is 16.5. The molecule has 2 N–H and O–H groups in total. The number of benzene rings is 2. The summed E-state index contributed by atoms with van der Waals surface area (Å²) in [5, 5.41) is 3.71. The lowest BCUT2D eigenvalue weighted by Crippen LogP contribution is -2.31. The van der Waals surface area contributed by atoms with Crippen LogP contribution in [0.25, 0.3) is 10.9 Å². The number of urea groups is 1. The summed E-state index contributed by atoms with van der Waals surface area (Å²) in [5.41, 5.74) is 1.81. The molecule has 0 fully saturated rings. The third-order valence-electron chi connectivity index (χ3n) is 4.24. The Bertz CT molecular complexity index is 1030. The zero-order valence-electron chi connectivity index (χ0n) is 15.4. The molecule has 0 aliphatic carbocycles. The van der Waals surface area contributed by atoms with Crippen LogP contribution < -0.4 is 20.3 Å². The van der Waals surface area contributed by atoms with Crippen molar-refractivity contribution in [1.29, 1.82) is 0 Å². The van der Waals surface area contributed by atoms with Gasteiger partial charge in [0.05, 0.1) is 19.9 Å². The number of pyridine rings is 1.